The zero-order valence-corrected chi connectivity index (χ0v) is 15.1. The smallest absolute Gasteiger partial charge is 0.245 e. The third-order valence-corrected chi connectivity index (χ3v) is 5.06. The third-order valence-electron chi connectivity index (χ3n) is 4.57. The number of carbonyl (C=O) groups excluding carboxylic acids is 2. The van der Waals surface area contributed by atoms with Crippen LogP contribution in [0.15, 0.2) is 42.5 Å². The van der Waals surface area contributed by atoms with Gasteiger partial charge in [0.25, 0.3) is 0 Å². The largest absolute Gasteiger partial charge is 0.350 e. The third kappa shape index (κ3) is 2.29. The number of H-pyrrole nitrogens is 1. The molecule has 1 N–H and O–H groups in total. The van der Waals surface area contributed by atoms with Crippen LogP contribution in [0.25, 0.3) is 10.9 Å². The number of ketones is 1. The molecule has 0 atom stereocenters. The van der Waals surface area contributed by atoms with Gasteiger partial charge in [-0.1, -0.05) is 23.2 Å². The molecule has 0 aliphatic carbocycles. The van der Waals surface area contributed by atoms with Crippen LogP contribution >= 0.6 is 23.2 Å². The first kappa shape index (κ1) is 16.2. The summed E-state index contributed by atoms with van der Waals surface area (Å²) in [7, 11) is 0. The van der Waals surface area contributed by atoms with E-state index in [1.165, 1.54) is 0 Å². The Kier molecular flexibility index (Phi) is 3.46. The van der Waals surface area contributed by atoms with E-state index in [1.807, 2.05) is 0 Å². The lowest BCUT2D eigenvalue weighted by molar-refractivity contribution is -0.124. The van der Waals surface area contributed by atoms with E-state index in [9.17, 15) is 9.59 Å². The molecule has 4 rings (SSSR count). The maximum atomic E-state index is 13.2. The molecule has 25 heavy (non-hydrogen) atoms. The molecule has 1 aliphatic rings. The van der Waals surface area contributed by atoms with Crippen molar-refractivity contribution < 1.29 is 9.59 Å². The molecule has 0 fully saturated rings. The molecule has 0 bridgehead atoms. The summed E-state index contributed by atoms with van der Waals surface area (Å²) in [6, 6.07) is 12.3. The number of carbonyl (C=O) groups is 2. The predicted molar refractivity (Wildman–Crippen MR) is 100 cm³/mol. The first-order chi connectivity index (χ1) is 11.8. The first-order valence-electron chi connectivity index (χ1n) is 7.77. The molecule has 126 valence electrons. The zero-order chi connectivity index (χ0) is 17.9. The molecule has 3 aromatic rings. The summed E-state index contributed by atoms with van der Waals surface area (Å²) in [5.41, 5.74) is 1.19. The summed E-state index contributed by atoms with van der Waals surface area (Å²) in [5.74, 6) is -0.516. The van der Waals surface area contributed by atoms with Gasteiger partial charge in [0.2, 0.25) is 5.91 Å². The van der Waals surface area contributed by atoms with Crippen LogP contribution in [-0.2, 0) is 4.79 Å². The molecule has 1 aliphatic heterocycles. The van der Waals surface area contributed by atoms with Gasteiger partial charge in [-0.3, -0.25) is 14.5 Å². The molecule has 0 unspecified atom stereocenters. The average Bonchev–Trinajstić information content (AvgIpc) is 2.94. The number of nitrogens with one attached hydrogen (secondary N) is 1. The van der Waals surface area contributed by atoms with Crippen LogP contribution in [-0.4, -0.2) is 16.7 Å². The minimum Gasteiger partial charge on any atom is -0.350 e. The monoisotopic (exact) mass is 372 g/mol. The van der Waals surface area contributed by atoms with E-state index >= 15 is 0 Å². The summed E-state index contributed by atoms with van der Waals surface area (Å²) >= 11 is 12.1. The molecule has 0 saturated carbocycles. The van der Waals surface area contributed by atoms with Crippen LogP contribution in [0, 0.1) is 5.41 Å². The SMILES string of the molecule is CC1(C)C(=O)c2[nH]c3ccc(Cl)cc3c2N(c2ccc(Cl)cc2)C1=O. The number of nitrogens with zero attached hydrogens (tertiary/aromatic N) is 1. The molecule has 6 heteroatoms. The van der Waals surface area contributed by atoms with Crippen LogP contribution in [0.4, 0.5) is 11.4 Å². The van der Waals surface area contributed by atoms with Gasteiger partial charge in [-0.2, -0.15) is 0 Å². The van der Waals surface area contributed by atoms with Crippen molar-refractivity contribution >= 4 is 57.2 Å². The highest BCUT2D eigenvalue weighted by Crippen LogP contribution is 2.45. The van der Waals surface area contributed by atoms with E-state index in [2.05, 4.69) is 4.98 Å². The fraction of sp³-hybridized carbons (Fsp3) is 0.158. The molecular formula is C19H14Cl2N2O2. The minimum atomic E-state index is -1.17. The number of amides is 1. The van der Waals surface area contributed by atoms with E-state index in [-0.39, 0.29) is 11.7 Å². The number of rotatable bonds is 1. The van der Waals surface area contributed by atoms with Crippen molar-refractivity contribution in [3.05, 3.63) is 58.2 Å². The van der Waals surface area contributed by atoms with E-state index < -0.39 is 5.41 Å². The summed E-state index contributed by atoms with van der Waals surface area (Å²) in [6.07, 6.45) is 0. The Morgan fingerprint density at radius 1 is 0.960 bits per heavy atom. The molecule has 2 heterocycles. The van der Waals surface area contributed by atoms with Crippen molar-refractivity contribution in [2.75, 3.05) is 4.90 Å². The molecule has 0 radical (unpaired) electrons. The Balaban J connectivity index is 2.07. The topological polar surface area (TPSA) is 53.2 Å². The maximum absolute atomic E-state index is 13.2. The molecule has 2 aromatic carbocycles. The highest BCUT2D eigenvalue weighted by atomic mass is 35.5. The Labute approximate surface area is 154 Å². The van der Waals surface area contributed by atoms with Gasteiger partial charge in [0.1, 0.15) is 11.1 Å². The van der Waals surface area contributed by atoms with Gasteiger partial charge in [-0.05, 0) is 56.3 Å². The maximum Gasteiger partial charge on any atom is 0.245 e. The summed E-state index contributed by atoms with van der Waals surface area (Å²) in [5, 5.41) is 1.84. The average molecular weight is 373 g/mol. The van der Waals surface area contributed by atoms with Crippen LogP contribution in [0.1, 0.15) is 24.3 Å². The number of benzene rings is 2. The van der Waals surface area contributed by atoms with E-state index in [1.54, 1.807) is 61.2 Å². The van der Waals surface area contributed by atoms with Crippen molar-refractivity contribution in [2.24, 2.45) is 5.41 Å². The Morgan fingerprint density at radius 3 is 2.28 bits per heavy atom. The standard InChI is InChI=1S/C19H14Cl2N2O2/c1-19(2)17(24)15-16(13-9-11(21)5-8-14(13)22-15)23(18(19)25)12-6-3-10(20)4-7-12/h3-9,22H,1-2H3. The van der Waals surface area contributed by atoms with E-state index in [4.69, 9.17) is 23.2 Å². The normalized spacial score (nSPS) is 16.4. The van der Waals surface area contributed by atoms with Crippen LogP contribution < -0.4 is 4.90 Å². The number of hydrogen-bond acceptors (Lipinski definition) is 2. The minimum absolute atomic E-state index is 0.231. The van der Waals surface area contributed by atoms with Crippen LogP contribution in [0.3, 0.4) is 0 Å². The summed E-state index contributed by atoms with van der Waals surface area (Å²) in [4.78, 5) is 30.8. The lowest BCUT2D eigenvalue weighted by Crippen LogP contribution is -2.47. The second-order valence-corrected chi connectivity index (χ2v) is 7.48. The number of Topliss-reactive ketones (excluding diaryl/α,β-unsaturated/α-hetero) is 1. The second-order valence-electron chi connectivity index (χ2n) is 6.61. The quantitative estimate of drug-likeness (QED) is 0.584. The van der Waals surface area contributed by atoms with Crippen molar-refractivity contribution in [1.82, 2.24) is 4.98 Å². The predicted octanol–water partition coefficient (Wildman–Crippen LogP) is 5.36. The van der Waals surface area contributed by atoms with Gasteiger partial charge in [0.15, 0.2) is 5.78 Å². The molecule has 0 spiro atoms. The number of anilines is 2. The lowest BCUT2D eigenvalue weighted by Gasteiger charge is -2.35. The highest BCUT2D eigenvalue weighted by Gasteiger charge is 2.48. The number of fused-ring (bicyclic) bond motifs is 3. The number of hydrogen-bond donors (Lipinski definition) is 1. The van der Waals surface area contributed by atoms with E-state index in [0.717, 1.165) is 10.9 Å². The fourth-order valence-corrected chi connectivity index (χ4v) is 3.47. The van der Waals surface area contributed by atoms with Gasteiger partial charge >= 0.3 is 0 Å². The second kappa shape index (κ2) is 5.35. The number of aromatic amines is 1. The molecule has 0 saturated heterocycles. The van der Waals surface area contributed by atoms with Gasteiger partial charge in [-0.25, -0.2) is 0 Å². The van der Waals surface area contributed by atoms with Crippen LogP contribution in [0.5, 0.6) is 0 Å². The Bertz CT molecular complexity index is 1040. The van der Waals surface area contributed by atoms with Gasteiger partial charge in [0.05, 0.1) is 5.69 Å². The zero-order valence-electron chi connectivity index (χ0n) is 13.6. The molecule has 4 nitrogen and oxygen atoms in total. The highest BCUT2D eigenvalue weighted by molar-refractivity contribution is 6.33. The van der Waals surface area contributed by atoms with Crippen molar-refractivity contribution in [1.29, 1.82) is 0 Å². The Hall–Kier alpha value is -2.30. The van der Waals surface area contributed by atoms with Crippen molar-refractivity contribution in [3.63, 3.8) is 0 Å². The van der Waals surface area contributed by atoms with Gasteiger partial charge < -0.3 is 4.98 Å². The summed E-state index contributed by atoms with van der Waals surface area (Å²) < 4.78 is 0. The van der Waals surface area contributed by atoms with E-state index in [0.29, 0.717) is 27.1 Å². The molecule has 1 aromatic heterocycles. The first-order valence-corrected chi connectivity index (χ1v) is 8.52. The Morgan fingerprint density at radius 2 is 1.60 bits per heavy atom. The summed E-state index contributed by atoms with van der Waals surface area (Å²) in [6.45, 7) is 3.28. The van der Waals surface area contributed by atoms with Crippen molar-refractivity contribution in [3.8, 4) is 0 Å². The lowest BCUT2D eigenvalue weighted by atomic mass is 9.81. The van der Waals surface area contributed by atoms with Crippen molar-refractivity contribution in [2.45, 2.75) is 13.8 Å². The molecule has 1 amide bonds. The fourth-order valence-electron chi connectivity index (χ4n) is 3.17. The number of aromatic nitrogens is 1. The van der Waals surface area contributed by atoms with Crippen LogP contribution in [0.2, 0.25) is 10.0 Å². The molecular weight excluding hydrogens is 359 g/mol. The van der Waals surface area contributed by atoms with Gasteiger partial charge in [0, 0.05) is 26.6 Å². The van der Waals surface area contributed by atoms with Gasteiger partial charge in [-0.15, -0.1) is 0 Å². The number of halogens is 2.